The first-order valence-corrected chi connectivity index (χ1v) is 13.5. The number of nitrogens with one attached hydrogen (secondary N) is 1. The van der Waals surface area contributed by atoms with Crippen molar-refractivity contribution in [3.8, 4) is 11.5 Å². The average Bonchev–Trinajstić information content (AvgIpc) is 2.95. The Labute approximate surface area is 226 Å². The van der Waals surface area contributed by atoms with E-state index < -0.39 is 6.04 Å². The zero-order valence-corrected chi connectivity index (χ0v) is 22.4. The molecular weight excluding hydrogens is 476 g/mol. The van der Waals surface area contributed by atoms with Crippen LogP contribution in [0.5, 0.6) is 11.5 Å². The third kappa shape index (κ3) is 7.85. The molecular formula is C32H38N2O4. The Bertz CT molecular complexity index is 1170. The van der Waals surface area contributed by atoms with E-state index in [4.69, 9.17) is 9.47 Å². The van der Waals surface area contributed by atoms with Gasteiger partial charge in [0, 0.05) is 19.0 Å². The minimum Gasteiger partial charge on any atom is -0.497 e. The molecule has 3 aromatic carbocycles. The van der Waals surface area contributed by atoms with Crippen molar-refractivity contribution >= 4 is 11.8 Å². The van der Waals surface area contributed by atoms with Gasteiger partial charge in [-0.3, -0.25) is 9.59 Å². The lowest BCUT2D eigenvalue weighted by molar-refractivity contribution is -0.143. The smallest absolute Gasteiger partial charge is 0.261 e. The maximum atomic E-state index is 13.8. The number of benzene rings is 3. The largest absolute Gasteiger partial charge is 0.497 e. The van der Waals surface area contributed by atoms with Crippen LogP contribution in [0.1, 0.15) is 48.8 Å². The number of hydrogen-bond acceptors (Lipinski definition) is 4. The number of nitrogens with zero attached hydrogens (tertiary/aromatic N) is 1. The lowest BCUT2D eigenvalue weighted by atomic mass is 9.94. The average molecular weight is 515 g/mol. The number of carbonyl (C=O) groups is 2. The highest BCUT2D eigenvalue weighted by Gasteiger charge is 2.32. The lowest BCUT2D eigenvalue weighted by Crippen LogP contribution is -2.53. The van der Waals surface area contributed by atoms with Crippen LogP contribution >= 0.6 is 0 Å². The first-order valence-electron chi connectivity index (χ1n) is 13.5. The number of methoxy groups -OCH3 is 1. The van der Waals surface area contributed by atoms with Crippen molar-refractivity contribution in [2.45, 2.75) is 64.1 Å². The number of ether oxygens (including phenoxy) is 2. The van der Waals surface area contributed by atoms with Gasteiger partial charge in [-0.2, -0.15) is 0 Å². The van der Waals surface area contributed by atoms with Crippen LogP contribution in [0.3, 0.4) is 0 Å². The highest BCUT2D eigenvalue weighted by atomic mass is 16.5. The molecule has 1 fully saturated rings. The molecule has 0 bridgehead atoms. The van der Waals surface area contributed by atoms with E-state index in [1.807, 2.05) is 55.5 Å². The molecule has 0 aliphatic heterocycles. The minimum atomic E-state index is -0.660. The molecule has 2 amide bonds. The van der Waals surface area contributed by atoms with E-state index in [1.165, 1.54) is 6.42 Å². The Morgan fingerprint density at radius 2 is 1.58 bits per heavy atom. The minimum absolute atomic E-state index is 0.105. The van der Waals surface area contributed by atoms with E-state index >= 15 is 0 Å². The molecule has 4 rings (SSSR count). The summed E-state index contributed by atoms with van der Waals surface area (Å²) >= 11 is 0. The Balaban J connectivity index is 1.59. The van der Waals surface area contributed by atoms with E-state index in [0.29, 0.717) is 24.5 Å². The van der Waals surface area contributed by atoms with Crippen LogP contribution < -0.4 is 14.8 Å². The highest BCUT2D eigenvalue weighted by Crippen LogP contribution is 2.21. The molecule has 0 saturated heterocycles. The summed E-state index contributed by atoms with van der Waals surface area (Å²) in [6, 6.07) is 24.6. The van der Waals surface area contributed by atoms with Gasteiger partial charge in [-0.25, -0.2) is 0 Å². The Morgan fingerprint density at radius 1 is 0.895 bits per heavy atom. The number of aryl methyl sites for hydroxylation is 1. The summed E-state index contributed by atoms with van der Waals surface area (Å²) in [5.41, 5.74) is 3.09. The van der Waals surface area contributed by atoms with Crippen LogP contribution in [0, 0.1) is 6.92 Å². The summed E-state index contributed by atoms with van der Waals surface area (Å²) in [5, 5.41) is 3.27. The van der Waals surface area contributed by atoms with Gasteiger partial charge in [0.25, 0.3) is 5.91 Å². The summed E-state index contributed by atoms with van der Waals surface area (Å²) in [4.78, 5) is 29.2. The van der Waals surface area contributed by atoms with E-state index in [9.17, 15) is 9.59 Å². The first-order chi connectivity index (χ1) is 18.5. The van der Waals surface area contributed by atoms with Gasteiger partial charge in [0.15, 0.2) is 6.61 Å². The normalized spacial score (nSPS) is 14.4. The fourth-order valence-corrected chi connectivity index (χ4v) is 5.01. The van der Waals surface area contributed by atoms with Crippen molar-refractivity contribution in [2.75, 3.05) is 13.7 Å². The zero-order valence-electron chi connectivity index (χ0n) is 22.4. The molecule has 0 spiro atoms. The number of hydrogen-bond donors (Lipinski definition) is 1. The number of carbonyl (C=O) groups excluding carboxylic acids is 2. The Kier molecular flexibility index (Phi) is 9.79. The van der Waals surface area contributed by atoms with Crippen LogP contribution in [0.4, 0.5) is 0 Å². The van der Waals surface area contributed by atoms with E-state index in [1.54, 1.807) is 36.3 Å². The second-order valence-corrected chi connectivity index (χ2v) is 10.0. The topological polar surface area (TPSA) is 67.9 Å². The van der Waals surface area contributed by atoms with Gasteiger partial charge in [0.05, 0.1) is 7.11 Å². The first kappa shape index (κ1) is 27.2. The maximum absolute atomic E-state index is 13.8. The molecule has 0 aromatic heterocycles. The molecule has 1 N–H and O–H groups in total. The van der Waals surface area contributed by atoms with E-state index in [0.717, 1.165) is 42.4 Å². The summed E-state index contributed by atoms with van der Waals surface area (Å²) in [6.45, 7) is 2.18. The van der Waals surface area contributed by atoms with Gasteiger partial charge in [0.2, 0.25) is 5.91 Å². The van der Waals surface area contributed by atoms with Gasteiger partial charge in [-0.15, -0.1) is 0 Å². The quantitative estimate of drug-likeness (QED) is 0.368. The molecule has 1 aliphatic carbocycles. The molecule has 1 saturated carbocycles. The Hall–Kier alpha value is -3.80. The molecule has 200 valence electrons. The summed E-state index contributed by atoms with van der Waals surface area (Å²) in [6.07, 6.45) is 5.85. The number of rotatable bonds is 11. The van der Waals surface area contributed by atoms with Crippen molar-refractivity contribution in [1.82, 2.24) is 10.2 Å². The van der Waals surface area contributed by atoms with Crippen LogP contribution in [0.15, 0.2) is 78.9 Å². The molecule has 1 unspecified atom stereocenters. The molecule has 0 heterocycles. The second kappa shape index (κ2) is 13.7. The molecule has 0 radical (unpaired) electrons. The lowest BCUT2D eigenvalue weighted by Gasteiger charge is -2.33. The van der Waals surface area contributed by atoms with Crippen LogP contribution in [-0.2, 0) is 22.6 Å². The van der Waals surface area contributed by atoms with Gasteiger partial charge in [-0.05, 0) is 55.2 Å². The molecule has 3 aromatic rings. The van der Waals surface area contributed by atoms with Crippen molar-refractivity contribution in [3.63, 3.8) is 0 Å². The molecule has 6 heteroatoms. The summed E-state index contributed by atoms with van der Waals surface area (Å²) < 4.78 is 11.1. The standard InChI is InChI=1S/C32H38N2O4/c1-24-10-9-13-26(20-24)22-34(31(35)23-38-29-18-16-28(37-2)17-19-29)30(21-25-11-5-3-6-12-25)32(36)33-27-14-7-4-8-15-27/h3,5-6,9-13,16-20,27,30H,4,7-8,14-15,21-23H2,1-2H3,(H,33,36). The predicted molar refractivity (Wildman–Crippen MR) is 149 cm³/mol. The van der Waals surface area contributed by atoms with Crippen LogP contribution in [0.25, 0.3) is 0 Å². The SMILES string of the molecule is COc1ccc(OCC(=O)N(Cc2cccc(C)c2)C(Cc2ccccc2)C(=O)NC2CCCCC2)cc1. The fourth-order valence-electron chi connectivity index (χ4n) is 5.01. The molecule has 1 atom stereocenters. The van der Waals surface area contributed by atoms with Crippen molar-refractivity contribution in [2.24, 2.45) is 0 Å². The third-order valence-electron chi connectivity index (χ3n) is 7.08. The van der Waals surface area contributed by atoms with Crippen molar-refractivity contribution < 1.29 is 19.1 Å². The van der Waals surface area contributed by atoms with Gasteiger partial charge < -0.3 is 19.7 Å². The maximum Gasteiger partial charge on any atom is 0.261 e. The van der Waals surface area contributed by atoms with Gasteiger partial charge in [-0.1, -0.05) is 79.4 Å². The Morgan fingerprint density at radius 3 is 2.26 bits per heavy atom. The molecule has 1 aliphatic rings. The highest BCUT2D eigenvalue weighted by molar-refractivity contribution is 5.88. The van der Waals surface area contributed by atoms with Gasteiger partial charge in [0.1, 0.15) is 17.5 Å². The molecule has 38 heavy (non-hydrogen) atoms. The van der Waals surface area contributed by atoms with Crippen LogP contribution in [0.2, 0.25) is 0 Å². The third-order valence-corrected chi connectivity index (χ3v) is 7.08. The van der Waals surface area contributed by atoms with E-state index in [-0.39, 0.29) is 24.5 Å². The monoisotopic (exact) mass is 514 g/mol. The van der Waals surface area contributed by atoms with Crippen LogP contribution in [-0.4, -0.2) is 42.5 Å². The van der Waals surface area contributed by atoms with E-state index in [2.05, 4.69) is 11.4 Å². The fraction of sp³-hybridized carbons (Fsp3) is 0.375. The summed E-state index contributed by atoms with van der Waals surface area (Å²) in [7, 11) is 1.60. The second-order valence-electron chi connectivity index (χ2n) is 10.0. The zero-order chi connectivity index (χ0) is 26.7. The number of amides is 2. The summed E-state index contributed by atoms with van der Waals surface area (Å²) in [5.74, 6) is 0.946. The van der Waals surface area contributed by atoms with Crippen molar-refractivity contribution in [1.29, 1.82) is 0 Å². The molecule has 6 nitrogen and oxygen atoms in total. The van der Waals surface area contributed by atoms with Gasteiger partial charge >= 0.3 is 0 Å². The van der Waals surface area contributed by atoms with Crippen molar-refractivity contribution in [3.05, 3.63) is 95.6 Å². The predicted octanol–water partition coefficient (Wildman–Crippen LogP) is 5.47.